The van der Waals surface area contributed by atoms with E-state index in [0.717, 1.165) is 18.4 Å². The number of ether oxygens (including phenoxy) is 3. The van der Waals surface area contributed by atoms with E-state index in [0.29, 0.717) is 13.1 Å². The maximum Gasteiger partial charge on any atom is 0.407 e. The predicted molar refractivity (Wildman–Crippen MR) is 186 cm³/mol. The van der Waals surface area contributed by atoms with Crippen molar-refractivity contribution in [2.24, 2.45) is 17.3 Å². The summed E-state index contributed by atoms with van der Waals surface area (Å²) in [5.74, 6) is -3.49. The number of alkyl carbamates (subject to hydrolysis) is 1. The molecule has 272 valence electrons. The number of benzene rings is 1. The second kappa shape index (κ2) is 19.1. The summed E-state index contributed by atoms with van der Waals surface area (Å²) >= 11 is 0. The number of carbonyl (C=O) groups is 5. The molecule has 0 radical (unpaired) electrons. The lowest BCUT2D eigenvalue weighted by molar-refractivity contribution is -0.178. The number of carbonyl (C=O) groups excluding carboxylic acids is 4. The van der Waals surface area contributed by atoms with Gasteiger partial charge in [-0.2, -0.15) is 0 Å². The van der Waals surface area contributed by atoms with Gasteiger partial charge in [0.15, 0.2) is 12.3 Å². The topological polar surface area (TPSA) is 161 Å². The van der Waals surface area contributed by atoms with Crippen LogP contribution >= 0.6 is 0 Å². The average molecular weight is 686 g/mol. The molecule has 0 bridgehead atoms. The average Bonchev–Trinajstić information content (AvgIpc) is 3.54. The molecule has 4 atom stereocenters. The van der Waals surface area contributed by atoms with Crippen molar-refractivity contribution >= 4 is 36.0 Å². The summed E-state index contributed by atoms with van der Waals surface area (Å²) in [6, 6.07) is 9.59. The van der Waals surface area contributed by atoms with Gasteiger partial charge >= 0.3 is 24.0 Å². The van der Waals surface area contributed by atoms with Crippen molar-refractivity contribution in [3.63, 3.8) is 0 Å². The molecular weight excluding hydrogens is 630 g/mol. The minimum Gasteiger partial charge on any atom is -0.479 e. The summed E-state index contributed by atoms with van der Waals surface area (Å²) in [4.78, 5) is 65.3. The van der Waals surface area contributed by atoms with Crippen LogP contribution in [0.5, 0.6) is 0 Å². The van der Waals surface area contributed by atoms with Gasteiger partial charge in [0.2, 0.25) is 5.91 Å². The molecule has 1 heterocycles. The highest BCUT2D eigenvalue weighted by Crippen LogP contribution is 2.23. The summed E-state index contributed by atoms with van der Waals surface area (Å²) in [6.45, 7) is 15.1. The molecule has 0 unspecified atom stereocenters. The maximum absolute atomic E-state index is 13.6. The molecule has 0 aliphatic carbocycles. The van der Waals surface area contributed by atoms with Crippen molar-refractivity contribution in [1.82, 2.24) is 15.5 Å². The first-order valence-electron chi connectivity index (χ1n) is 16.9. The standard InChI is InChI=1S/C37H55N3O9/c1-25(2)23-29(48-34(45)37(7,8)24-38-35(46)49-36(4,5)6)33(44)47-28(26(3)19-20-27-15-10-9-11-16-27)17-14-18-30(41)39-31(32(42)43)40-21-12-13-22-40/h9-11,14-16,18-20,25-26,28-29,31H,12-13,17,21-24H2,1-8H3,(H,38,46)(H,39,41)(H,42,43)/b18-14+,20-19+/t26-,28+,29+,31-/m1/s1. The molecule has 12 nitrogen and oxygen atoms in total. The largest absolute Gasteiger partial charge is 0.479 e. The number of hydrogen-bond donors (Lipinski definition) is 3. The van der Waals surface area contributed by atoms with E-state index >= 15 is 0 Å². The summed E-state index contributed by atoms with van der Waals surface area (Å²) in [5.41, 5.74) is -0.945. The molecule has 2 rings (SSSR count). The van der Waals surface area contributed by atoms with Crippen LogP contribution in [0, 0.1) is 17.3 Å². The Balaban J connectivity index is 2.19. The maximum atomic E-state index is 13.6. The van der Waals surface area contributed by atoms with Gasteiger partial charge in [-0.25, -0.2) is 14.4 Å². The van der Waals surface area contributed by atoms with Crippen LogP contribution in [-0.4, -0.2) is 83.5 Å². The molecule has 1 aromatic rings. The minimum atomic E-state index is -1.22. The first-order chi connectivity index (χ1) is 22.9. The molecule has 1 fully saturated rings. The SMILES string of the molecule is CC(C)C[C@H](OC(=O)C(C)(C)CNC(=O)OC(C)(C)C)C(=O)O[C@@H](C/C=C/C(=O)N[C@@H](C(=O)O)N1CCCC1)[C@H](C)/C=C/c1ccccc1. The molecule has 1 aliphatic heterocycles. The summed E-state index contributed by atoms with van der Waals surface area (Å²) in [5, 5.41) is 14.8. The van der Waals surface area contributed by atoms with Crippen molar-refractivity contribution in [2.45, 2.75) is 105 Å². The quantitative estimate of drug-likeness (QED) is 0.111. The smallest absolute Gasteiger partial charge is 0.407 e. The summed E-state index contributed by atoms with van der Waals surface area (Å²) < 4.78 is 17.0. The van der Waals surface area contributed by atoms with E-state index in [2.05, 4.69) is 10.6 Å². The van der Waals surface area contributed by atoms with Crippen molar-refractivity contribution in [1.29, 1.82) is 0 Å². The van der Waals surface area contributed by atoms with Crippen LogP contribution in [0.1, 0.15) is 86.6 Å². The third-order valence-corrected chi connectivity index (χ3v) is 7.73. The number of likely N-dealkylation sites (tertiary alicyclic amines) is 1. The molecule has 1 aliphatic rings. The number of rotatable bonds is 17. The lowest BCUT2D eigenvalue weighted by atomic mass is 9.93. The first-order valence-corrected chi connectivity index (χ1v) is 16.9. The van der Waals surface area contributed by atoms with E-state index < -0.39 is 59.3 Å². The van der Waals surface area contributed by atoms with Gasteiger partial charge < -0.3 is 30.0 Å². The van der Waals surface area contributed by atoms with Crippen molar-refractivity contribution in [3.05, 3.63) is 54.1 Å². The van der Waals surface area contributed by atoms with Gasteiger partial charge in [0.1, 0.15) is 11.7 Å². The van der Waals surface area contributed by atoms with Crippen molar-refractivity contribution in [3.8, 4) is 0 Å². The molecule has 3 N–H and O–H groups in total. The van der Waals surface area contributed by atoms with Crippen LogP contribution in [0.2, 0.25) is 0 Å². The van der Waals surface area contributed by atoms with Gasteiger partial charge in [-0.15, -0.1) is 0 Å². The molecule has 0 aromatic heterocycles. The third-order valence-electron chi connectivity index (χ3n) is 7.73. The number of carboxylic acids is 1. The Hall–Kier alpha value is -4.19. The number of amides is 2. The summed E-state index contributed by atoms with van der Waals surface area (Å²) in [7, 11) is 0. The normalized spacial score (nSPS) is 16.6. The second-order valence-corrected chi connectivity index (χ2v) is 14.5. The summed E-state index contributed by atoms with van der Waals surface area (Å²) in [6.07, 6.45) is 4.87. The molecule has 1 saturated heterocycles. The van der Waals surface area contributed by atoms with E-state index in [-0.39, 0.29) is 31.2 Å². The molecular formula is C37H55N3O9. The van der Waals surface area contributed by atoms with Gasteiger partial charge in [-0.3, -0.25) is 14.5 Å². The van der Waals surface area contributed by atoms with Crippen LogP contribution in [0.25, 0.3) is 6.08 Å². The number of hydrogen-bond acceptors (Lipinski definition) is 9. The van der Waals surface area contributed by atoms with Gasteiger partial charge in [-0.1, -0.05) is 69.3 Å². The Kier molecular flexibility index (Phi) is 16.0. The first kappa shape index (κ1) is 41.0. The fourth-order valence-electron chi connectivity index (χ4n) is 4.94. The third kappa shape index (κ3) is 15.3. The van der Waals surface area contributed by atoms with Crippen molar-refractivity contribution < 1.29 is 43.3 Å². The highest BCUT2D eigenvalue weighted by molar-refractivity contribution is 5.91. The number of carboxylic acid groups (broad SMARTS) is 1. The van der Waals surface area contributed by atoms with Gasteiger partial charge in [0.05, 0.1) is 5.41 Å². The second-order valence-electron chi connectivity index (χ2n) is 14.5. The molecule has 1 aromatic carbocycles. The Morgan fingerprint density at radius 1 is 0.959 bits per heavy atom. The van der Waals surface area contributed by atoms with Crippen LogP contribution in [0.15, 0.2) is 48.6 Å². The van der Waals surface area contributed by atoms with Crippen LogP contribution < -0.4 is 10.6 Å². The zero-order valence-corrected chi connectivity index (χ0v) is 30.2. The molecule has 0 spiro atoms. The number of esters is 2. The number of aliphatic carboxylic acids is 1. The fourth-order valence-corrected chi connectivity index (χ4v) is 4.94. The highest BCUT2D eigenvalue weighted by Gasteiger charge is 2.36. The van der Waals surface area contributed by atoms with Gasteiger partial charge in [-0.05, 0) is 71.4 Å². The molecule has 0 saturated carbocycles. The highest BCUT2D eigenvalue weighted by atomic mass is 16.6. The zero-order valence-electron chi connectivity index (χ0n) is 30.2. The van der Waals surface area contributed by atoms with Gasteiger partial charge in [0.25, 0.3) is 0 Å². The minimum absolute atomic E-state index is 0.0245. The van der Waals surface area contributed by atoms with Gasteiger partial charge in [0, 0.05) is 32.0 Å². The Labute approximate surface area is 290 Å². The van der Waals surface area contributed by atoms with Crippen molar-refractivity contribution in [2.75, 3.05) is 19.6 Å². The lowest BCUT2D eigenvalue weighted by Gasteiger charge is -2.29. The van der Waals surface area contributed by atoms with Crippen LogP contribution in [-0.2, 0) is 33.4 Å². The zero-order chi connectivity index (χ0) is 36.8. The van der Waals surface area contributed by atoms with Crippen LogP contribution in [0.4, 0.5) is 4.79 Å². The Morgan fingerprint density at radius 3 is 2.16 bits per heavy atom. The molecule has 12 heteroatoms. The fraction of sp³-hybridized carbons (Fsp3) is 0.595. The predicted octanol–water partition coefficient (Wildman–Crippen LogP) is 5.33. The Morgan fingerprint density at radius 2 is 1.59 bits per heavy atom. The van der Waals surface area contributed by atoms with E-state index in [1.54, 1.807) is 39.5 Å². The monoisotopic (exact) mass is 685 g/mol. The van der Waals surface area contributed by atoms with E-state index in [9.17, 15) is 29.1 Å². The number of nitrogens with one attached hydrogen (secondary N) is 2. The van der Waals surface area contributed by atoms with Crippen LogP contribution in [0.3, 0.4) is 0 Å². The Bertz CT molecular complexity index is 1310. The van der Waals surface area contributed by atoms with E-state index in [1.807, 2.05) is 63.3 Å². The lowest BCUT2D eigenvalue weighted by Crippen LogP contribution is -2.51. The molecule has 2 amide bonds. The molecule has 49 heavy (non-hydrogen) atoms. The van der Waals surface area contributed by atoms with E-state index in [4.69, 9.17) is 14.2 Å². The number of nitrogens with zero attached hydrogens (tertiary/aromatic N) is 1. The van der Waals surface area contributed by atoms with E-state index in [1.165, 1.54) is 12.2 Å².